The largest absolute Gasteiger partial charge is 0.332 e. The molecule has 0 N–H and O–H groups in total. The molecule has 0 atom stereocenters. The van der Waals surface area contributed by atoms with E-state index in [2.05, 4.69) is 24.2 Å². The van der Waals surface area contributed by atoms with E-state index in [1.165, 1.54) is 12.5 Å². The lowest BCUT2D eigenvalue weighted by molar-refractivity contribution is 0.0976. The number of aliphatic imine (C=N–C) groups is 1. The Morgan fingerprint density at radius 3 is 2.38 bits per heavy atom. The summed E-state index contributed by atoms with van der Waals surface area (Å²) in [5.74, 6) is -0.119. The summed E-state index contributed by atoms with van der Waals surface area (Å²) in [4.78, 5) is 17.3. The van der Waals surface area contributed by atoms with Gasteiger partial charge in [-0.05, 0) is 30.7 Å². The first-order valence-electron chi connectivity index (χ1n) is 6.32. The van der Waals surface area contributed by atoms with Crippen LogP contribution < -0.4 is 0 Å². The van der Waals surface area contributed by atoms with Gasteiger partial charge in [0.15, 0.2) is 5.78 Å². The highest BCUT2D eigenvalue weighted by atomic mass is 35.5. The maximum absolute atomic E-state index is 11.9. The third-order valence-electron chi connectivity index (χ3n) is 2.06. The standard InChI is InChI=1S/C12H12Cl2N2O.C2H6.CH4S/c1-3-16(8-15-2)7-12(17)10-5-4-9(13)6-11(10)14;2*1-2/h3-6,8H,1,7H2,2H3;1-2H3;2H,1H3. The van der Waals surface area contributed by atoms with Crippen molar-refractivity contribution >= 4 is 48.0 Å². The second-order valence-corrected chi connectivity index (χ2v) is 4.12. The van der Waals surface area contributed by atoms with Crippen molar-refractivity contribution in [1.82, 2.24) is 4.90 Å². The molecule has 0 spiro atoms. The zero-order chi connectivity index (χ0) is 16.8. The molecular weight excluding hydrogens is 327 g/mol. The molecule has 0 unspecified atom stereocenters. The van der Waals surface area contributed by atoms with E-state index in [9.17, 15) is 4.79 Å². The normalized spacial score (nSPS) is 9.10. The van der Waals surface area contributed by atoms with Crippen LogP contribution in [0.25, 0.3) is 0 Å². The van der Waals surface area contributed by atoms with Gasteiger partial charge < -0.3 is 4.90 Å². The number of thiol groups is 1. The average Bonchev–Trinajstić information content (AvgIpc) is 2.50. The number of hydrogen-bond acceptors (Lipinski definition) is 3. The second-order valence-electron chi connectivity index (χ2n) is 3.28. The second kappa shape index (κ2) is 14.0. The SMILES string of the molecule is C=CN(C=NC)CC(=O)c1ccc(Cl)cc1Cl.CC.CS. The van der Waals surface area contributed by atoms with Crippen molar-refractivity contribution in [3.63, 3.8) is 0 Å². The maximum atomic E-state index is 11.9. The smallest absolute Gasteiger partial charge is 0.184 e. The van der Waals surface area contributed by atoms with E-state index in [0.29, 0.717) is 15.6 Å². The minimum Gasteiger partial charge on any atom is -0.332 e. The van der Waals surface area contributed by atoms with Gasteiger partial charge in [0.25, 0.3) is 0 Å². The molecule has 0 bridgehead atoms. The molecule has 0 saturated heterocycles. The van der Waals surface area contributed by atoms with Crippen molar-refractivity contribution in [1.29, 1.82) is 0 Å². The summed E-state index contributed by atoms with van der Waals surface area (Å²) >= 11 is 15.2. The molecule has 3 nitrogen and oxygen atoms in total. The van der Waals surface area contributed by atoms with Gasteiger partial charge in [-0.3, -0.25) is 9.79 Å². The number of hydrogen-bond donors (Lipinski definition) is 1. The lowest BCUT2D eigenvalue weighted by atomic mass is 10.1. The summed E-state index contributed by atoms with van der Waals surface area (Å²) in [6.07, 6.45) is 4.74. The summed E-state index contributed by atoms with van der Waals surface area (Å²) < 4.78 is 0. The molecule has 0 saturated carbocycles. The Labute approximate surface area is 143 Å². The molecule has 0 amide bonds. The molecule has 1 rings (SSSR count). The number of ketones is 1. The first kappa shape index (κ1) is 22.3. The van der Waals surface area contributed by atoms with Gasteiger partial charge in [-0.2, -0.15) is 12.6 Å². The molecule has 0 fully saturated rings. The molecule has 0 aromatic heterocycles. The highest BCUT2D eigenvalue weighted by Crippen LogP contribution is 2.21. The Morgan fingerprint density at radius 1 is 1.38 bits per heavy atom. The number of halogens is 2. The van der Waals surface area contributed by atoms with Gasteiger partial charge in [0.2, 0.25) is 0 Å². The van der Waals surface area contributed by atoms with Crippen molar-refractivity contribution in [2.24, 2.45) is 4.99 Å². The fraction of sp³-hybridized carbons (Fsp3) is 0.333. The third kappa shape index (κ3) is 8.81. The molecule has 0 aliphatic carbocycles. The van der Waals surface area contributed by atoms with Crippen LogP contribution in [-0.2, 0) is 0 Å². The summed E-state index contributed by atoms with van der Waals surface area (Å²) in [5, 5.41) is 0.849. The summed E-state index contributed by atoms with van der Waals surface area (Å²) in [7, 11) is 1.62. The molecule has 0 radical (unpaired) electrons. The number of carbonyl (C=O) groups is 1. The van der Waals surface area contributed by atoms with E-state index in [0.717, 1.165) is 0 Å². The molecule has 118 valence electrons. The average molecular weight is 349 g/mol. The molecular formula is C15H22Cl2N2OS. The van der Waals surface area contributed by atoms with E-state index in [4.69, 9.17) is 23.2 Å². The van der Waals surface area contributed by atoms with Gasteiger partial charge in [-0.15, -0.1) is 0 Å². The predicted molar refractivity (Wildman–Crippen MR) is 98.4 cm³/mol. The number of benzene rings is 1. The van der Waals surface area contributed by atoms with Crippen molar-refractivity contribution in [3.8, 4) is 0 Å². The van der Waals surface area contributed by atoms with Crippen molar-refractivity contribution < 1.29 is 4.79 Å². The van der Waals surface area contributed by atoms with E-state index in [1.807, 2.05) is 13.8 Å². The minimum absolute atomic E-state index is 0.119. The molecule has 1 aromatic rings. The van der Waals surface area contributed by atoms with Crippen LogP contribution in [0.4, 0.5) is 0 Å². The van der Waals surface area contributed by atoms with E-state index >= 15 is 0 Å². The van der Waals surface area contributed by atoms with Crippen LogP contribution in [0.2, 0.25) is 10.0 Å². The highest BCUT2D eigenvalue weighted by molar-refractivity contribution is 7.79. The van der Waals surface area contributed by atoms with E-state index in [1.54, 1.807) is 36.4 Å². The van der Waals surface area contributed by atoms with E-state index < -0.39 is 0 Å². The van der Waals surface area contributed by atoms with Crippen LogP contribution in [0.3, 0.4) is 0 Å². The summed E-state index contributed by atoms with van der Waals surface area (Å²) in [5.41, 5.74) is 0.437. The van der Waals surface area contributed by atoms with Crippen LogP contribution in [0.1, 0.15) is 24.2 Å². The third-order valence-corrected chi connectivity index (χ3v) is 2.60. The van der Waals surface area contributed by atoms with Gasteiger partial charge in [0.05, 0.1) is 17.9 Å². The first-order valence-corrected chi connectivity index (χ1v) is 7.97. The molecule has 6 heteroatoms. The van der Waals surface area contributed by atoms with Crippen molar-refractivity contribution in [2.75, 3.05) is 19.8 Å². The number of rotatable bonds is 5. The van der Waals surface area contributed by atoms with Gasteiger partial charge in [-0.1, -0.05) is 43.6 Å². The Hall–Kier alpha value is -0.970. The Kier molecular flexibility index (Phi) is 14.9. The van der Waals surface area contributed by atoms with Crippen LogP contribution in [0, 0.1) is 0 Å². The lowest BCUT2D eigenvalue weighted by Gasteiger charge is -2.13. The summed E-state index contributed by atoms with van der Waals surface area (Å²) in [6.45, 7) is 7.73. The fourth-order valence-electron chi connectivity index (χ4n) is 1.27. The van der Waals surface area contributed by atoms with Gasteiger partial charge >= 0.3 is 0 Å². The molecule has 0 aliphatic rings. The maximum Gasteiger partial charge on any atom is 0.184 e. The number of nitrogens with zero attached hydrogens (tertiary/aromatic N) is 2. The topological polar surface area (TPSA) is 32.7 Å². The van der Waals surface area contributed by atoms with Crippen LogP contribution in [0.5, 0.6) is 0 Å². The molecule has 0 heterocycles. The number of carbonyl (C=O) groups excluding carboxylic acids is 1. The monoisotopic (exact) mass is 348 g/mol. The predicted octanol–water partition coefficient (Wildman–Crippen LogP) is 4.85. The van der Waals surface area contributed by atoms with Gasteiger partial charge in [-0.25, -0.2) is 0 Å². The number of Topliss-reactive ketones (excluding diaryl/α,β-unsaturated/α-hetero) is 1. The Balaban J connectivity index is 0. The fourth-order valence-corrected chi connectivity index (χ4v) is 1.78. The van der Waals surface area contributed by atoms with Crippen LogP contribution in [-0.4, -0.2) is 36.9 Å². The van der Waals surface area contributed by atoms with Crippen molar-refractivity contribution in [2.45, 2.75) is 13.8 Å². The Morgan fingerprint density at radius 2 is 1.95 bits per heavy atom. The highest BCUT2D eigenvalue weighted by Gasteiger charge is 2.12. The van der Waals surface area contributed by atoms with Crippen LogP contribution >= 0.6 is 35.8 Å². The van der Waals surface area contributed by atoms with Crippen molar-refractivity contribution in [3.05, 3.63) is 46.6 Å². The minimum atomic E-state index is -0.119. The van der Waals surface area contributed by atoms with Gasteiger partial charge in [0, 0.05) is 17.6 Å². The van der Waals surface area contributed by atoms with E-state index in [-0.39, 0.29) is 12.3 Å². The lowest BCUT2D eigenvalue weighted by Crippen LogP contribution is -2.23. The summed E-state index contributed by atoms with van der Waals surface area (Å²) in [6, 6.07) is 4.78. The molecule has 1 aromatic carbocycles. The quantitative estimate of drug-likeness (QED) is 0.357. The van der Waals surface area contributed by atoms with Gasteiger partial charge in [0.1, 0.15) is 0 Å². The zero-order valence-electron chi connectivity index (χ0n) is 12.8. The molecule has 0 aliphatic heterocycles. The van der Waals surface area contributed by atoms with Crippen LogP contribution in [0.15, 0.2) is 36.0 Å². The first-order chi connectivity index (χ1) is 10.1. The molecule has 21 heavy (non-hydrogen) atoms. The Bertz CT molecular complexity index is 465. The zero-order valence-corrected chi connectivity index (χ0v) is 15.2.